The number of hydrogen-bond acceptors (Lipinski definition) is 5. The van der Waals surface area contributed by atoms with Gasteiger partial charge in [0.25, 0.3) is 5.91 Å². The van der Waals surface area contributed by atoms with Crippen LogP contribution in [0.4, 0.5) is 0 Å². The lowest BCUT2D eigenvalue weighted by molar-refractivity contribution is 0.0944. The number of carbonyl (C=O) groups is 1. The summed E-state index contributed by atoms with van der Waals surface area (Å²) >= 11 is 1.48. The molecule has 0 spiro atoms. The van der Waals surface area contributed by atoms with Gasteiger partial charge < -0.3 is 15.0 Å². The van der Waals surface area contributed by atoms with Crippen molar-refractivity contribution in [1.29, 1.82) is 0 Å². The number of nitrogens with one attached hydrogen (secondary N) is 1. The van der Waals surface area contributed by atoms with E-state index in [9.17, 15) is 4.79 Å². The van der Waals surface area contributed by atoms with Gasteiger partial charge in [-0.15, -0.1) is 11.3 Å². The Morgan fingerprint density at radius 3 is 2.50 bits per heavy atom. The van der Waals surface area contributed by atoms with Gasteiger partial charge in [-0.3, -0.25) is 4.79 Å². The number of hydrogen-bond donors (Lipinski definition) is 1. The first kappa shape index (κ1) is 20.4. The third-order valence-electron chi connectivity index (χ3n) is 4.22. The highest BCUT2D eigenvalue weighted by atomic mass is 32.1. The number of ether oxygens (including phenoxy) is 1. The molecule has 26 heavy (non-hydrogen) atoms. The highest BCUT2D eigenvalue weighted by Gasteiger charge is 2.24. The zero-order valence-corrected chi connectivity index (χ0v) is 17.5. The summed E-state index contributed by atoms with van der Waals surface area (Å²) < 4.78 is 5.48. The Hall–Kier alpha value is -1.92. The Kier molecular flexibility index (Phi) is 6.42. The molecule has 5 nitrogen and oxygen atoms in total. The van der Waals surface area contributed by atoms with Gasteiger partial charge in [-0.1, -0.05) is 39.0 Å². The lowest BCUT2D eigenvalue weighted by Gasteiger charge is -2.26. The van der Waals surface area contributed by atoms with Gasteiger partial charge in [-0.25, -0.2) is 4.98 Å². The molecule has 1 heterocycles. The van der Waals surface area contributed by atoms with Crippen LogP contribution < -0.4 is 10.1 Å². The number of likely N-dealkylation sites (N-methyl/N-ethyl adjacent to an activating group) is 1. The SMILES string of the molecule is COc1ccccc1C(CNC(=O)c1sc(C(C)(C)C)nc1C)N(C)C. The number of benzene rings is 1. The van der Waals surface area contributed by atoms with Gasteiger partial charge in [0, 0.05) is 17.5 Å². The van der Waals surface area contributed by atoms with Crippen molar-refractivity contribution in [3.8, 4) is 5.75 Å². The van der Waals surface area contributed by atoms with E-state index < -0.39 is 0 Å². The molecule has 1 N–H and O–H groups in total. The van der Waals surface area contributed by atoms with Crippen LogP contribution in [0.15, 0.2) is 24.3 Å². The summed E-state index contributed by atoms with van der Waals surface area (Å²) in [7, 11) is 5.66. The molecule has 2 rings (SSSR count). The summed E-state index contributed by atoms with van der Waals surface area (Å²) in [6.07, 6.45) is 0. The van der Waals surface area contributed by atoms with Gasteiger partial charge in [-0.2, -0.15) is 0 Å². The summed E-state index contributed by atoms with van der Waals surface area (Å²) in [5.74, 6) is 0.752. The molecule has 0 aliphatic rings. The summed E-state index contributed by atoms with van der Waals surface area (Å²) in [6.45, 7) is 8.71. The number of amides is 1. The number of nitrogens with zero attached hydrogens (tertiary/aromatic N) is 2. The molecule has 0 bridgehead atoms. The predicted molar refractivity (Wildman–Crippen MR) is 107 cm³/mol. The topological polar surface area (TPSA) is 54.5 Å². The van der Waals surface area contributed by atoms with Crippen molar-refractivity contribution in [1.82, 2.24) is 15.2 Å². The third kappa shape index (κ3) is 4.62. The van der Waals surface area contributed by atoms with E-state index in [1.807, 2.05) is 45.3 Å². The predicted octanol–water partition coefficient (Wildman–Crippen LogP) is 3.79. The molecule has 0 fully saturated rings. The second kappa shape index (κ2) is 8.18. The molecule has 0 aliphatic carbocycles. The molecule has 6 heteroatoms. The van der Waals surface area contributed by atoms with Crippen LogP contribution in [0.25, 0.3) is 0 Å². The molecule has 1 unspecified atom stereocenters. The first-order valence-electron chi connectivity index (χ1n) is 8.70. The molecule has 1 aromatic heterocycles. The maximum atomic E-state index is 12.7. The zero-order valence-electron chi connectivity index (χ0n) is 16.7. The summed E-state index contributed by atoms with van der Waals surface area (Å²) in [6, 6.07) is 7.93. The van der Waals surface area contributed by atoms with Gasteiger partial charge in [0.2, 0.25) is 0 Å². The van der Waals surface area contributed by atoms with Gasteiger partial charge >= 0.3 is 0 Å². The second-order valence-electron chi connectivity index (χ2n) is 7.61. The Morgan fingerprint density at radius 2 is 1.96 bits per heavy atom. The van der Waals surface area contributed by atoms with Crippen molar-refractivity contribution >= 4 is 17.2 Å². The summed E-state index contributed by atoms with van der Waals surface area (Å²) in [4.78, 5) is 20.1. The monoisotopic (exact) mass is 375 g/mol. The highest BCUT2D eigenvalue weighted by Crippen LogP contribution is 2.30. The Balaban J connectivity index is 2.17. The molecular weight excluding hydrogens is 346 g/mol. The van der Waals surface area contributed by atoms with Crippen molar-refractivity contribution < 1.29 is 9.53 Å². The molecule has 0 radical (unpaired) electrons. The lowest BCUT2D eigenvalue weighted by Crippen LogP contribution is -2.34. The average Bonchev–Trinajstić information content (AvgIpc) is 2.97. The van der Waals surface area contributed by atoms with E-state index in [1.165, 1.54) is 11.3 Å². The number of carbonyl (C=O) groups excluding carboxylic acids is 1. The zero-order chi connectivity index (χ0) is 19.5. The van der Waals surface area contributed by atoms with Crippen LogP contribution in [0.5, 0.6) is 5.75 Å². The normalized spacial score (nSPS) is 12.9. The molecule has 1 aromatic carbocycles. The minimum absolute atomic E-state index is 0.0189. The van der Waals surface area contributed by atoms with Gasteiger partial charge in [0.15, 0.2) is 0 Å². The van der Waals surface area contributed by atoms with Crippen LogP contribution in [-0.4, -0.2) is 43.5 Å². The molecule has 142 valence electrons. The lowest BCUT2D eigenvalue weighted by atomic mass is 9.98. The number of aryl methyl sites for hydroxylation is 1. The maximum absolute atomic E-state index is 12.7. The molecular formula is C20H29N3O2S. The minimum Gasteiger partial charge on any atom is -0.496 e. The van der Waals surface area contributed by atoms with Crippen LogP contribution in [0, 0.1) is 6.92 Å². The molecule has 0 saturated heterocycles. The first-order valence-corrected chi connectivity index (χ1v) is 9.52. The fraction of sp³-hybridized carbons (Fsp3) is 0.500. The third-order valence-corrected chi connectivity index (χ3v) is 5.80. The van der Waals surface area contributed by atoms with Crippen molar-refractivity contribution in [2.45, 2.75) is 39.2 Å². The Labute approximate surface area is 160 Å². The molecule has 0 saturated carbocycles. The van der Waals surface area contributed by atoms with E-state index in [0.29, 0.717) is 11.4 Å². The summed E-state index contributed by atoms with van der Waals surface area (Å²) in [5.41, 5.74) is 1.78. The number of thiazole rings is 1. The van der Waals surface area contributed by atoms with E-state index >= 15 is 0 Å². The van der Waals surface area contributed by atoms with E-state index in [0.717, 1.165) is 22.0 Å². The second-order valence-corrected chi connectivity index (χ2v) is 8.61. The average molecular weight is 376 g/mol. The fourth-order valence-corrected chi connectivity index (χ4v) is 3.75. The van der Waals surface area contributed by atoms with Crippen LogP contribution in [0.2, 0.25) is 0 Å². The quantitative estimate of drug-likeness (QED) is 0.835. The van der Waals surface area contributed by atoms with Gasteiger partial charge in [0.05, 0.1) is 23.9 Å². The van der Waals surface area contributed by atoms with Gasteiger partial charge in [0.1, 0.15) is 10.6 Å². The molecule has 1 amide bonds. The standard InChI is InChI=1S/C20H29N3O2S/c1-13-17(26-19(22-13)20(2,3)4)18(24)21-12-15(23(5)6)14-10-8-9-11-16(14)25-7/h8-11,15H,12H2,1-7H3,(H,21,24). The van der Waals surface area contributed by atoms with E-state index in [4.69, 9.17) is 4.74 Å². The smallest absolute Gasteiger partial charge is 0.263 e. The van der Waals surface area contributed by atoms with E-state index in [-0.39, 0.29) is 17.4 Å². The van der Waals surface area contributed by atoms with Crippen LogP contribution >= 0.6 is 11.3 Å². The van der Waals surface area contributed by atoms with Gasteiger partial charge in [-0.05, 0) is 27.1 Å². The summed E-state index contributed by atoms with van der Waals surface area (Å²) in [5, 5.41) is 4.05. The Morgan fingerprint density at radius 1 is 1.31 bits per heavy atom. The number of rotatable bonds is 6. The van der Waals surface area contributed by atoms with Crippen molar-refractivity contribution in [2.24, 2.45) is 0 Å². The largest absolute Gasteiger partial charge is 0.496 e. The Bertz CT molecular complexity index is 763. The van der Waals surface area contributed by atoms with Crippen LogP contribution in [0.1, 0.15) is 52.7 Å². The maximum Gasteiger partial charge on any atom is 0.263 e. The fourth-order valence-electron chi connectivity index (χ4n) is 2.71. The molecule has 2 aromatic rings. The van der Waals surface area contributed by atoms with Crippen molar-refractivity contribution in [2.75, 3.05) is 27.7 Å². The number of methoxy groups -OCH3 is 1. The van der Waals surface area contributed by atoms with Crippen molar-refractivity contribution in [3.05, 3.63) is 45.4 Å². The first-order chi connectivity index (χ1) is 12.1. The molecule has 0 aliphatic heterocycles. The highest BCUT2D eigenvalue weighted by molar-refractivity contribution is 7.14. The van der Waals surface area contributed by atoms with Crippen LogP contribution in [-0.2, 0) is 5.41 Å². The van der Waals surface area contributed by atoms with E-state index in [2.05, 4.69) is 36.0 Å². The minimum atomic E-state index is -0.0720. The number of para-hydroxylation sites is 1. The van der Waals surface area contributed by atoms with Crippen LogP contribution in [0.3, 0.4) is 0 Å². The number of aromatic nitrogens is 1. The molecule has 1 atom stereocenters. The van der Waals surface area contributed by atoms with Crippen molar-refractivity contribution in [3.63, 3.8) is 0 Å². The van der Waals surface area contributed by atoms with E-state index in [1.54, 1.807) is 7.11 Å².